The van der Waals surface area contributed by atoms with E-state index in [1.54, 1.807) is 25.1 Å². The van der Waals surface area contributed by atoms with Gasteiger partial charge in [0.1, 0.15) is 16.8 Å². The van der Waals surface area contributed by atoms with Gasteiger partial charge in [-0.2, -0.15) is 0 Å². The maximum Gasteiger partial charge on any atom is 0.255 e. The Bertz CT molecular complexity index is 1710. The molecule has 3 aromatic rings. The van der Waals surface area contributed by atoms with Crippen LogP contribution in [0.5, 0.6) is 0 Å². The highest BCUT2D eigenvalue weighted by atomic mass is 16.3. The highest BCUT2D eigenvalue weighted by Gasteiger charge is 2.44. The van der Waals surface area contributed by atoms with Gasteiger partial charge in [0.15, 0.2) is 17.1 Å². The predicted octanol–water partition coefficient (Wildman–Crippen LogP) is 4.46. The summed E-state index contributed by atoms with van der Waals surface area (Å²) in [4.78, 5) is 47.3. The molecule has 224 valence electrons. The Balaban J connectivity index is 1.59. The van der Waals surface area contributed by atoms with E-state index in [-0.39, 0.29) is 34.9 Å². The molecule has 0 bridgehead atoms. The van der Waals surface area contributed by atoms with Crippen molar-refractivity contribution in [3.63, 3.8) is 0 Å². The van der Waals surface area contributed by atoms with E-state index < -0.39 is 29.6 Å². The molecule has 0 saturated carbocycles. The molecule has 0 spiro atoms. The maximum absolute atomic E-state index is 14.2. The lowest BCUT2D eigenvalue weighted by molar-refractivity contribution is -0.123. The van der Waals surface area contributed by atoms with Crippen molar-refractivity contribution in [1.82, 2.24) is 9.88 Å². The Labute approximate surface area is 249 Å². The van der Waals surface area contributed by atoms with Gasteiger partial charge in [-0.25, -0.2) is 4.98 Å². The van der Waals surface area contributed by atoms with Crippen LogP contribution in [0.2, 0.25) is 0 Å². The second kappa shape index (κ2) is 11.5. The fourth-order valence-corrected chi connectivity index (χ4v) is 6.56. The summed E-state index contributed by atoms with van der Waals surface area (Å²) in [6.45, 7) is 1.48. The second-order valence-electron chi connectivity index (χ2n) is 11.7. The molecule has 43 heavy (non-hydrogen) atoms. The van der Waals surface area contributed by atoms with E-state index in [1.165, 1.54) is 6.92 Å². The van der Waals surface area contributed by atoms with E-state index >= 15 is 0 Å². The number of carbonyl (C=O) groups is 3. The highest BCUT2D eigenvalue weighted by Crippen LogP contribution is 2.44. The number of fused-ring (bicyclic) bond motifs is 3. The zero-order valence-electron chi connectivity index (χ0n) is 24.9. The van der Waals surface area contributed by atoms with Gasteiger partial charge in [0.05, 0.1) is 17.4 Å². The van der Waals surface area contributed by atoms with E-state index in [0.717, 1.165) is 16.8 Å². The number of benzene rings is 2. The van der Waals surface area contributed by atoms with Crippen LogP contribution in [0.4, 0.5) is 5.69 Å². The highest BCUT2D eigenvalue weighted by molar-refractivity contribution is 6.20. The number of hydrogen-bond donors (Lipinski definition) is 3. The average molecular weight is 585 g/mol. The van der Waals surface area contributed by atoms with Crippen molar-refractivity contribution >= 4 is 46.4 Å². The van der Waals surface area contributed by atoms with Crippen molar-refractivity contribution in [2.45, 2.75) is 32.2 Å². The number of allylic oxidation sites excluding steroid dienone is 2. The van der Waals surface area contributed by atoms with Gasteiger partial charge in [-0.05, 0) is 69.0 Å². The van der Waals surface area contributed by atoms with Crippen molar-refractivity contribution in [3.8, 4) is 0 Å². The second-order valence-corrected chi connectivity index (χ2v) is 11.7. The van der Waals surface area contributed by atoms with E-state index in [2.05, 4.69) is 4.98 Å². The minimum absolute atomic E-state index is 0.0285. The van der Waals surface area contributed by atoms with Gasteiger partial charge < -0.3 is 25.3 Å². The fraction of sp³-hybridized carbons (Fsp3) is 0.333. The van der Waals surface area contributed by atoms with Crippen LogP contribution in [0, 0.1) is 11.8 Å². The van der Waals surface area contributed by atoms with Gasteiger partial charge >= 0.3 is 0 Å². The third-order valence-electron chi connectivity index (χ3n) is 8.30. The van der Waals surface area contributed by atoms with Crippen molar-refractivity contribution in [2.24, 2.45) is 17.6 Å². The smallest absolute Gasteiger partial charge is 0.255 e. The Morgan fingerprint density at radius 1 is 1.12 bits per heavy atom. The molecule has 1 aromatic heterocycles. The van der Waals surface area contributed by atoms with Gasteiger partial charge in [-0.3, -0.25) is 19.3 Å². The molecular weight excluding hydrogens is 548 g/mol. The van der Waals surface area contributed by atoms with Crippen molar-refractivity contribution in [2.75, 3.05) is 33.1 Å². The number of hydrogen-bond acceptors (Lipinski definition) is 9. The van der Waals surface area contributed by atoms with Crippen molar-refractivity contribution < 1.29 is 29.0 Å². The summed E-state index contributed by atoms with van der Waals surface area (Å²) >= 11 is 0. The normalized spacial score (nSPS) is 22.0. The number of nitrogens with zero attached hydrogens (tertiary/aromatic N) is 3. The maximum atomic E-state index is 14.2. The number of carbonyl (C=O) groups excluding carboxylic acids is 3. The minimum Gasteiger partial charge on any atom is -0.512 e. The van der Waals surface area contributed by atoms with Gasteiger partial charge in [0.25, 0.3) is 5.91 Å². The third-order valence-corrected chi connectivity index (χ3v) is 8.30. The largest absolute Gasteiger partial charge is 0.512 e. The van der Waals surface area contributed by atoms with Crippen LogP contribution in [-0.2, 0) is 16.0 Å². The van der Waals surface area contributed by atoms with E-state index in [4.69, 9.17) is 10.2 Å². The van der Waals surface area contributed by atoms with Gasteiger partial charge in [0, 0.05) is 37.9 Å². The summed E-state index contributed by atoms with van der Waals surface area (Å²) in [5.41, 5.74) is 9.02. The Morgan fingerprint density at radius 2 is 1.81 bits per heavy atom. The van der Waals surface area contributed by atoms with Crippen LogP contribution >= 0.6 is 0 Å². The number of aliphatic hydroxyl groups is 2. The Morgan fingerprint density at radius 3 is 2.42 bits per heavy atom. The van der Waals surface area contributed by atoms with Crippen LogP contribution in [0.15, 0.2) is 63.5 Å². The quantitative estimate of drug-likeness (QED) is 0.208. The number of aromatic nitrogens is 1. The van der Waals surface area contributed by atoms with Crippen LogP contribution in [0.1, 0.15) is 47.1 Å². The predicted molar refractivity (Wildman–Crippen MR) is 165 cm³/mol. The molecule has 0 aliphatic heterocycles. The standard InChI is InChI=1S/C33H36N4O6/c1-17(38)26-19(13-20-15-24(39)28(33(34)42)31(41)29(20)37(4)5)14-21-23(36(2)3)16-22-32(27(21)30(26)40)43-25(35-22)12-11-18-9-7-6-8-10-18/h6-12,16,19-20,29,38,41H,13-15H2,1-5H3,(H2,34,42)/b12-11+,26-17-/t19?,20?,29-/m0/s1. The van der Waals surface area contributed by atoms with Crippen molar-refractivity contribution in [3.05, 3.63) is 81.6 Å². The summed E-state index contributed by atoms with van der Waals surface area (Å²) in [7, 11) is 7.25. The summed E-state index contributed by atoms with van der Waals surface area (Å²) in [6.07, 6.45) is 4.29. The van der Waals surface area contributed by atoms with Crippen molar-refractivity contribution in [1.29, 1.82) is 0 Å². The molecule has 3 atom stereocenters. The first kappa shape index (κ1) is 29.8. The lowest BCUT2D eigenvalue weighted by Gasteiger charge is -2.39. The SMILES string of the molecule is C/C(O)=C1/C(=O)c2c(c(N(C)C)cc3nc(/C=C/c4ccccc4)oc23)CC1CC1CC(=O)C(C(N)=O)=C(O)[C@H]1N(C)C. The molecule has 0 saturated heterocycles. The summed E-state index contributed by atoms with van der Waals surface area (Å²) < 4.78 is 6.14. The van der Waals surface area contributed by atoms with E-state index in [1.807, 2.05) is 61.5 Å². The number of Topliss-reactive ketones (excluding diaryl/α,β-unsaturated/α-hetero) is 2. The first-order valence-corrected chi connectivity index (χ1v) is 14.1. The third kappa shape index (κ3) is 5.46. The van der Waals surface area contributed by atoms with Gasteiger partial charge in [-0.1, -0.05) is 30.3 Å². The zero-order valence-corrected chi connectivity index (χ0v) is 24.9. The number of ketones is 2. The molecule has 10 heteroatoms. The molecule has 10 nitrogen and oxygen atoms in total. The first-order chi connectivity index (χ1) is 20.4. The summed E-state index contributed by atoms with van der Waals surface area (Å²) in [5, 5.41) is 21.8. The van der Waals surface area contributed by atoms with Crippen LogP contribution in [-0.4, -0.2) is 71.8 Å². The fourth-order valence-electron chi connectivity index (χ4n) is 6.56. The monoisotopic (exact) mass is 584 g/mol. The molecular formula is C33H36N4O6. The lowest BCUT2D eigenvalue weighted by atomic mass is 9.70. The van der Waals surface area contributed by atoms with Crippen LogP contribution in [0.3, 0.4) is 0 Å². The lowest BCUT2D eigenvalue weighted by Crippen LogP contribution is -2.45. The topological polar surface area (TPSA) is 150 Å². The molecule has 1 amide bonds. The molecule has 0 fully saturated rings. The summed E-state index contributed by atoms with van der Waals surface area (Å²) in [6, 6.07) is 10.9. The number of likely N-dealkylation sites (N-methyl/N-ethyl adjacent to an activating group) is 1. The molecule has 0 radical (unpaired) electrons. The molecule has 2 aliphatic rings. The molecule has 5 rings (SSSR count). The number of nitrogens with two attached hydrogens (primary N) is 1. The minimum atomic E-state index is -0.967. The Hall–Kier alpha value is -4.70. The van der Waals surface area contributed by atoms with E-state index in [9.17, 15) is 24.6 Å². The van der Waals surface area contributed by atoms with Crippen LogP contribution in [0.25, 0.3) is 23.3 Å². The number of oxazole rings is 1. The zero-order chi connectivity index (χ0) is 31.2. The number of amides is 1. The number of anilines is 1. The van der Waals surface area contributed by atoms with Gasteiger partial charge in [-0.15, -0.1) is 0 Å². The molecule has 1 heterocycles. The Kier molecular flexibility index (Phi) is 7.98. The first-order valence-electron chi connectivity index (χ1n) is 14.1. The number of aliphatic hydroxyl groups excluding tert-OH is 2. The molecule has 2 aromatic carbocycles. The van der Waals surface area contributed by atoms with E-state index in [0.29, 0.717) is 35.4 Å². The van der Waals surface area contributed by atoms with Crippen LogP contribution < -0.4 is 10.6 Å². The number of rotatable bonds is 7. The summed E-state index contributed by atoms with van der Waals surface area (Å²) in [5.74, 6) is -2.90. The number of primary amides is 1. The molecule has 2 unspecified atom stereocenters. The molecule has 2 aliphatic carbocycles. The average Bonchev–Trinajstić information content (AvgIpc) is 3.33. The molecule has 4 N–H and O–H groups in total. The van der Waals surface area contributed by atoms with Gasteiger partial charge in [0.2, 0.25) is 5.89 Å².